The number of benzene rings is 1. The zero-order valence-corrected chi connectivity index (χ0v) is 10.8. The molecule has 0 bridgehead atoms. The van der Waals surface area contributed by atoms with Gasteiger partial charge in [0.05, 0.1) is 0 Å². The molecule has 1 amide bonds. The molecule has 0 radical (unpaired) electrons. The number of ether oxygens (including phenoxy) is 1. The zero-order chi connectivity index (χ0) is 12.7. The Balaban J connectivity index is 2.39. The van der Waals surface area contributed by atoms with Crippen LogP contribution >= 0.6 is 0 Å². The summed E-state index contributed by atoms with van der Waals surface area (Å²) in [5, 5.41) is 2.67. The highest BCUT2D eigenvalue weighted by molar-refractivity contribution is 5.67. The van der Waals surface area contributed by atoms with Gasteiger partial charge in [0.2, 0.25) is 0 Å². The van der Waals surface area contributed by atoms with Crippen LogP contribution in [-0.4, -0.2) is 12.6 Å². The van der Waals surface area contributed by atoms with Crippen molar-refractivity contribution in [3.05, 3.63) is 35.4 Å². The SMILES string of the molecule is CCCNC(=O)OCc1ccc(C(C)C)cc1. The van der Waals surface area contributed by atoms with Crippen molar-refractivity contribution in [2.75, 3.05) is 6.54 Å². The third-order valence-corrected chi connectivity index (χ3v) is 2.54. The Labute approximate surface area is 103 Å². The van der Waals surface area contributed by atoms with E-state index in [0.29, 0.717) is 19.1 Å². The average molecular weight is 235 g/mol. The van der Waals surface area contributed by atoms with E-state index in [1.165, 1.54) is 5.56 Å². The first-order valence-corrected chi connectivity index (χ1v) is 6.13. The number of alkyl carbamates (subject to hydrolysis) is 1. The highest BCUT2D eigenvalue weighted by atomic mass is 16.5. The molecule has 1 N–H and O–H groups in total. The van der Waals surface area contributed by atoms with Crippen LogP contribution in [0, 0.1) is 0 Å². The van der Waals surface area contributed by atoms with Gasteiger partial charge < -0.3 is 10.1 Å². The average Bonchev–Trinajstić information content (AvgIpc) is 2.34. The Bertz CT molecular complexity index is 344. The van der Waals surface area contributed by atoms with E-state index in [9.17, 15) is 4.79 Å². The van der Waals surface area contributed by atoms with Gasteiger partial charge in [0.1, 0.15) is 6.61 Å². The van der Waals surface area contributed by atoms with Gasteiger partial charge in [-0.25, -0.2) is 4.79 Å². The maximum absolute atomic E-state index is 11.2. The maximum Gasteiger partial charge on any atom is 0.407 e. The molecule has 1 aromatic carbocycles. The molecule has 0 heterocycles. The number of hydrogen-bond acceptors (Lipinski definition) is 2. The van der Waals surface area contributed by atoms with E-state index in [0.717, 1.165) is 12.0 Å². The van der Waals surface area contributed by atoms with Crippen molar-refractivity contribution in [3.8, 4) is 0 Å². The van der Waals surface area contributed by atoms with E-state index in [-0.39, 0.29) is 6.09 Å². The summed E-state index contributed by atoms with van der Waals surface area (Å²) in [5.74, 6) is 0.526. The van der Waals surface area contributed by atoms with E-state index < -0.39 is 0 Å². The van der Waals surface area contributed by atoms with Crippen LogP contribution in [0.5, 0.6) is 0 Å². The third-order valence-electron chi connectivity index (χ3n) is 2.54. The van der Waals surface area contributed by atoms with E-state index in [1.54, 1.807) is 0 Å². The molecule has 0 aliphatic heterocycles. The minimum Gasteiger partial charge on any atom is -0.445 e. The molecule has 0 saturated carbocycles. The molecule has 0 saturated heterocycles. The summed E-state index contributed by atoms with van der Waals surface area (Å²) in [4.78, 5) is 11.2. The largest absolute Gasteiger partial charge is 0.445 e. The molecule has 1 rings (SSSR count). The van der Waals surface area contributed by atoms with E-state index in [4.69, 9.17) is 4.74 Å². The van der Waals surface area contributed by atoms with Gasteiger partial charge in [-0.05, 0) is 23.5 Å². The summed E-state index contributed by atoms with van der Waals surface area (Å²) in [6.45, 7) is 7.30. The Morgan fingerprint density at radius 1 is 1.29 bits per heavy atom. The lowest BCUT2D eigenvalue weighted by atomic mass is 10.0. The second kappa shape index (κ2) is 6.94. The fourth-order valence-corrected chi connectivity index (χ4v) is 1.43. The van der Waals surface area contributed by atoms with Crippen LogP contribution in [0.2, 0.25) is 0 Å². The number of nitrogens with one attached hydrogen (secondary N) is 1. The van der Waals surface area contributed by atoms with Gasteiger partial charge in [0.15, 0.2) is 0 Å². The first-order valence-electron chi connectivity index (χ1n) is 6.13. The Kier molecular flexibility index (Phi) is 5.53. The number of rotatable bonds is 5. The summed E-state index contributed by atoms with van der Waals surface area (Å²) in [6.07, 6.45) is 0.567. The number of amides is 1. The van der Waals surface area contributed by atoms with Crippen molar-refractivity contribution in [1.29, 1.82) is 0 Å². The predicted octanol–water partition coefficient (Wildman–Crippen LogP) is 3.45. The molecule has 0 aromatic heterocycles. The summed E-state index contributed by atoms with van der Waals surface area (Å²) < 4.78 is 5.08. The smallest absolute Gasteiger partial charge is 0.407 e. The van der Waals surface area contributed by atoms with Crippen LogP contribution in [-0.2, 0) is 11.3 Å². The van der Waals surface area contributed by atoms with Crippen LogP contribution in [0.3, 0.4) is 0 Å². The molecule has 0 atom stereocenters. The molecular weight excluding hydrogens is 214 g/mol. The maximum atomic E-state index is 11.2. The number of hydrogen-bond donors (Lipinski definition) is 1. The van der Waals surface area contributed by atoms with E-state index in [1.807, 2.05) is 19.1 Å². The van der Waals surface area contributed by atoms with Crippen molar-refractivity contribution < 1.29 is 9.53 Å². The monoisotopic (exact) mass is 235 g/mol. The molecule has 0 fully saturated rings. The van der Waals surface area contributed by atoms with Gasteiger partial charge in [-0.2, -0.15) is 0 Å². The summed E-state index contributed by atoms with van der Waals surface area (Å²) in [5.41, 5.74) is 2.31. The Morgan fingerprint density at radius 2 is 1.94 bits per heavy atom. The lowest BCUT2D eigenvalue weighted by molar-refractivity contribution is 0.139. The first kappa shape index (κ1) is 13.6. The van der Waals surface area contributed by atoms with Gasteiger partial charge in [-0.1, -0.05) is 45.0 Å². The topological polar surface area (TPSA) is 38.3 Å². The zero-order valence-electron chi connectivity index (χ0n) is 10.8. The van der Waals surface area contributed by atoms with Crippen molar-refractivity contribution >= 4 is 6.09 Å². The summed E-state index contributed by atoms with van der Waals surface area (Å²) in [7, 11) is 0. The lowest BCUT2D eigenvalue weighted by Gasteiger charge is -2.08. The van der Waals surface area contributed by atoms with Gasteiger partial charge in [0.25, 0.3) is 0 Å². The Hall–Kier alpha value is -1.51. The summed E-state index contributed by atoms with van der Waals surface area (Å²) in [6, 6.07) is 8.16. The van der Waals surface area contributed by atoms with Crippen LogP contribution < -0.4 is 5.32 Å². The highest BCUT2D eigenvalue weighted by Gasteiger charge is 2.02. The lowest BCUT2D eigenvalue weighted by Crippen LogP contribution is -2.24. The molecule has 0 unspecified atom stereocenters. The standard InChI is InChI=1S/C14H21NO2/c1-4-9-15-14(16)17-10-12-5-7-13(8-6-12)11(2)3/h5-8,11H,4,9-10H2,1-3H3,(H,15,16). The van der Waals surface area contributed by atoms with Crippen LogP contribution in [0.4, 0.5) is 4.79 Å². The third kappa shape index (κ3) is 4.89. The Morgan fingerprint density at radius 3 is 2.47 bits per heavy atom. The molecule has 94 valence electrons. The van der Waals surface area contributed by atoms with Gasteiger partial charge in [0, 0.05) is 6.54 Å². The number of carbonyl (C=O) groups excluding carboxylic acids is 1. The minimum absolute atomic E-state index is 0.327. The normalized spacial score (nSPS) is 10.4. The molecule has 3 heteroatoms. The molecule has 1 aromatic rings. The second-order valence-corrected chi connectivity index (χ2v) is 4.40. The van der Waals surface area contributed by atoms with Gasteiger partial charge in [-0.3, -0.25) is 0 Å². The van der Waals surface area contributed by atoms with Crippen LogP contribution in [0.25, 0.3) is 0 Å². The van der Waals surface area contributed by atoms with Crippen molar-refractivity contribution in [2.24, 2.45) is 0 Å². The molecule has 0 aliphatic carbocycles. The molecule has 3 nitrogen and oxygen atoms in total. The van der Waals surface area contributed by atoms with E-state index in [2.05, 4.69) is 31.3 Å². The number of carbonyl (C=O) groups is 1. The second-order valence-electron chi connectivity index (χ2n) is 4.40. The van der Waals surface area contributed by atoms with Crippen molar-refractivity contribution in [3.63, 3.8) is 0 Å². The first-order chi connectivity index (χ1) is 8.13. The van der Waals surface area contributed by atoms with Gasteiger partial charge in [-0.15, -0.1) is 0 Å². The fraction of sp³-hybridized carbons (Fsp3) is 0.500. The molecule has 0 spiro atoms. The van der Waals surface area contributed by atoms with Crippen LogP contribution in [0.1, 0.15) is 44.2 Å². The quantitative estimate of drug-likeness (QED) is 0.849. The molecular formula is C14H21NO2. The molecule has 0 aliphatic rings. The minimum atomic E-state index is -0.347. The predicted molar refractivity (Wildman–Crippen MR) is 69.0 cm³/mol. The van der Waals surface area contributed by atoms with E-state index >= 15 is 0 Å². The highest BCUT2D eigenvalue weighted by Crippen LogP contribution is 2.14. The van der Waals surface area contributed by atoms with Crippen LogP contribution in [0.15, 0.2) is 24.3 Å². The van der Waals surface area contributed by atoms with Crippen molar-refractivity contribution in [2.45, 2.75) is 39.7 Å². The molecule has 17 heavy (non-hydrogen) atoms. The van der Waals surface area contributed by atoms with Gasteiger partial charge >= 0.3 is 6.09 Å². The fourth-order valence-electron chi connectivity index (χ4n) is 1.43. The summed E-state index contributed by atoms with van der Waals surface area (Å²) >= 11 is 0. The van der Waals surface area contributed by atoms with Crippen molar-refractivity contribution in [1.82, 2.24) is 5.32 Å².